The van der Waals surface area contributed by atoms with Gasteiger partial charge in [0.2, 0.25) is 5.91 Å². The second-order valence-electron chi connectivity index (χ2n) is 4.36. The Bertz CT molecular complexity index is 653. The maximum atomic E-state index is 11.9. The van der Waals surface area contributed by atoms with Crippen molar-refractivity contribution in [1.29, 1.82) is 0 Å². The molecule has 2 aromatic rings. The summed E-state index contributed by atoms with van der Waals surface area (Å²) in [6.45, 7) is 4.43. The molecular weight excluding hydrogens is 322 g/mol. The zero-order valence-corrected chi connectivity index (χ0v) is 14.1. The SMILES string of the molecule is CCn1c(S[C@H](C)C(=O)NC(=O)NC)nnc1-c1cccs1. The molecule has 1 atom stereocenters. The number of hydrogen-bond acceptors (Lipinski definition) is 6. The fourth-order valence-corrected chi connectivity index (χ4v) is 3.37. The molecule has 0 fully saturated rings. The lowest BCUT2D eigenvalue weighted by atomic mass is 10.4. The van der Waals surface area contributed by atoms with Crippen molar-refractivity contribution in [2.45, 2.75) is 30.8 Å². The van der Waals surface area contributed by atoms with Crippen LogP contribution in [0.4, 0.5) is 4.79 Å². The summed E-state index contributed by atoms with van der Waals surface area (Å²) in [6.07, 6.45) is 0. The fourth-order valence-electron chi connectivity index (χ4n) is 1.74. The lowest BCUT2D eigenvalue weighted by Crippen LogP contribution is -2.41. The molecule has 0 bridgehead atoms. The normalized spacial score (nSPS) is 12.0. The number of hydrogen-bond donors (Lipinski definition) is 2. The predicted octanol–water partition coefficient (Wildman–Crippen LogP) is 1.96. The van der Waals surface area contributed by atoms with E-state index in [1.165, 1.54) is 18.8 Å². The van der Waals surface area contributed by atoms with Crippen LogP contribution in [0.2, 0.25) is 0 Å². The van der Waals surface area contributed by atoms with Gasteiger partial charge in [0, 0.05) is 13.6 Å². The molecule has 22 heavy (non-hydrogen) atoms. The van der Waals surface area contributed by atoms with Crippen molar-refractivity contribution >= 4 is 35.0 Å². The number of amides is 3. The molecule has 0 unspecified atom stereocenters. The number of carbonyl (C=O) groups is 2. The molecule has 118 valence electrons. The van der Waals surface area contributed by atoms with E-state index >= 15 is 0 Å². The molecular formula is C13H17N5O2S2. The van der Waals surface area contributed by atoms with Crippen molar-refractivity contribution in [3.8, 4) is 10.7 Å². The molecule has 0 spiro atoms. The monoisotopic (exact) mass is 339 g/mol. The third-order valence-corrected chi connectivity index (χ3v) is 4.84. The highest BCUT2D eigenvalue weighted by Crippen LogP contribution is 2.28. The Labute approximate surface area is 136 Å². The summed E-state index contributed by atoms with van der Waals surface area (Å²) in [5.74, 6) is 0.423. The fraction of sp³-hybridized carbons (Fsp3) is 0.385. The number of thiophene rings is 1. The minimum Gasteiger partial charge on any atom is -0.341 e. The van der Waals surface area contributed by atoms with E-state index in [9.17, 15) is 9.59 Å². The van der Waals surface area contributed by atoms with Crippen molar-refractivity contribution in [2.24, 2.45) is 0 Å². The van der Waals surface area contributed by atoms with Gasteiger partial charge in [-0.25, -0.2) is 4.79 Å². The number of thioether (sulfide) groups is 1. The van der Waals surface area contributed by atoms with Gasteiger partial charge in [0.15, 0.2) is 11.0 Å². The number of carbonyl (C=O) groups excluding carboxylic acids is 2. The third-order valence-electron chi connectivity index (χ3n) is 2.89. The van der Waals surface area contributed by atoms with Gasteiger partial charge in [-0.15, -0.1) is 21.5 Å². The molecule has 9 heteroatoms. The van der Waals surface area contributed by atoms with Crippen LogP contribution in [0.5, 0.6) is 0 Å². The van der Waals surface area contributed by atoms with Crippen molar-refractivity contribution in [3.63, 3.8) is 0 Å². The molecule has 3 amide bonds. The van der Waals surface area contributed by atoms with Crippen molar-refractivity contribution < 1.29 is 9.59 Å². The summed E-state index contributed by atoms with van der Waals surface area (Å²) in [6, 6.07) is 3.42. The van der Waals surface area contributed by atoms with Crippen molar-refractivity contribution in [2.75, 3.05) is 7.05 Å². The average molecular weight is 339 g/mol. The molecule has 0 saturated carbocycles. The minimum atomic E-state index is -0.520. The predicted molar refractivity (Wildman–Crippen MR) is 86.9 cm³/mol. The van der Waals surface area contributed by atoms with Gasteiger partial charge in [-0.2, -0.15) is 0 Å². The van der Waals surface area contributed by atoms with Crippen LogP contribution in [-0.2, 0) is 11.3 Å². The van der Waals surface area contributed by atoms with E-state index in [1.54, 1.807) is 18.3 Å². The van der Waals surface area contributed by atoms with Gasteiger partial charge >= 0.3 is 6.03 Å². The van der Waals surface area contributed by atoms with Crippen LogP contribution >= 0.6 is 23.1 Å². The average Bonchev–Trinajstić information content (AvgIpc) is 3.15. The summed E-state index contributed by atoms with van der Waals surface area (Å²) in [5.41, 5.74) is 0. The smallest absolute Gasteiger partial charge is 0.321 e. The Hall–Kier alpha value is -1.87. The number of imide groups is 1. The first kappa shape index (κ1) is 16.5. The number of nitrogens with one attached hydrogen (secondary N) is 2. The Morgan fingerprint density at radius 1 is 1.45 bits per heavy atom. The summed E-state index contributed by atoms with van der Waals surface area (Å²) < 4.78 is 1.96. The number of urea groups is 1. The Morgan fingerprint density at radius 3 is 2.82 bits per heavy atom. The summed E-state index contributed by atoms with van der Waals surface area (Å²) in [4.78, 5) is 24.1. The van der Waals surface area contributed by atoms with E-state index in [-0.39, 0.29) is 5.91 Å². The second kappa shape index (κ2) is 7.41. The third kappa shape index (κ3) is 3.66. The van der Waals surface area contributed by atoms with Gasteiger partial charge in [0.1, 0.15) is 0 Å². The Morgan fingerprint density at radius 2 is 2.23 bits per heavy atom. The second-order valence-corrected chi connectivity index (χ2v) is 6.61. The van der Waals surface area contributed by atoms with E-state index < -0.39 is 11.3 Å². The van der Waals surface area contributed by atoms with Crippen molar-refractivity contribution in [3.05, 3.63) is 17.5 Å². The van der Waals surface area contributed by atoms with E-state index in [1.807, 2.05) is 29.0 Å². The molecule has 2 aromatic heterocycles. The highest BCUT2D eigenvalue weighted by atomic mass is 32.2. The van der Waals surface area contributed by atoms with Crippen LogP contribution in [0, 0.1) is 0 Å². The topological polar surface area (TPSA) is 88.9 Å². The first-order valence-electron chi connectivity index (χ1n) is 6.73. The van der Waals surface area contributed by atoms with Crippen LogP contribution < -0.4 is 10.6 Å². The van der Waals surface area contributed by atoms with Gasteiger partial charge in [-0.1, -0.05) is 17.8 Å². The number of rotatable bonds is 5. The van der Waals surface area contributed by atoms with Gasteiger partial charge < -0.3 is 9.88 Å². The maximum Gasteiger partial charge on any atom is 0.321 e. The largest absolute Gasteiger partial charge is 0.341 e. The molecule has 0 saturated heterocycles. The number of nitrogens with zero attached hydrogens (tertiary/aromatic N) is 3. The zero-order valence-electron chi connectivity index (χ0n) is 12.5. The summed E-state index contributed by atoms with van der Waals surface area (Å²) in [5, 5.41) is 15.2. The van der Waals surface area contributed by atoms with Crippen LogP contribution in [-0.4, -0.2) is 39.0 Å². The zero-order chi connectivity index (χ0) is 16.1. The number of aromatic nitrogens is 3. The van der Waals surface area contributed by atoms with Crippen LogP contribution in [0.25, 0.3) is 10.7 Å². The van der Waals surface area contributed by atoms with Crippen LogP contribution in [0.1, 0.15) is 13.8 Å². The highest BCUT2D eigenvalue weighted by molar-refractivity contribution is 8.00. The summed E-state index contributed by atoms with van der Waals surface area (Å²) >= 11 is 2.87. The van der Waals surface area contributed by atoms with Crippen LogP contribution in [0.3, 0.4) is 0 Å². The standard InChI is InChI=1S/C13H17N5O2S2/c1-4-18-10(9-6-5-7-21-9)16-17-13(18)22-8(2)11(19)15-12(20)14-3/h5-8H,4H2,1-3H3,(H2,14,15,19,20)/t8-/m1/s1. The molecule has 2 N–H and O–H groups in total. The first-order chi connectivity index (χ1) is 10.6. The summed E-state index contributed by atoms with van der Waals surface area (Å²) in [7, 11) is 1.46. The first-order valence-corrected chi connectivity index (χ1v) is 8.49. The van der Waals surface area contributed by atoms with Crippen molar-refractivity contribution in [1.82, 2.24) is 25.4 Å². The minimum absolute atomic E-state index is 0.368. The van der Waals surface area contributed by atoms with E-state index in [0.717, 1.165) is 10.7 Å². The van der Waals surface area contributed by atoms with Gasteiger partial charge in [-0.3, -0.25) is 10.1 Å². The van der Waals surface area contributed by atoms with Crippen LogP contribution in [0.15, 0.2) is 22.7 Å². The molecule has 7 nitrogen and oxygen atoms in total. The Balaban J connectivity index is 2.13. The van der Waals surface area contributed by atoms with E-state index in [0.29, 0.717) is 11.7 Å². The van der Waals surface area contributed by atoms with E-state index in [4.69, 9.17) is 0 Å². The van der Waals surface area contributed by atoms with Gasteiger partial charge in [0.05, 0.1) is 10.1 Å². The molecule has 2 heterocycles. The molecule has 0 aliphatic heterocycles. The molecule has 0 aliphatic carbocycles. The molecule has 0 aliphatic rings. The quantitative estimate of drug-likeness (QED) is 0.813. The maximum absolute atomic E-state index is 11.9. The van der Waals surface area contributed by atoms with E-state index in [2.05, 4.69) is 20.8 Å². The highest BCUT2D eigenvalue weighted by Gasteiger charge is 2.21. The molecule has 0 aromatic carbocycles. The lowest BCUT2D eigenvalue weighted by molar-refractivity contribution is -0.119. The lowest BCUT2D eigenvalue weighted by Gasteiger charge is -2.11. The Kier molecular flexibility index (Phi) is 5.56. The molecule has 0 radical (unpaired) electrons. The van der Waals surface area contributed by atoms with Gasteiger partial charge in [0.25, 0.3) is 0 Å². The van der Waals surface area contributed by atoms with Gasteiger partial charge in [-0.05, 0) is 25.3 Å². The molecule has 2 rings (SSSR count).